The molecule has 1 heterocycles. The highest BCUT2D eigenvalue weighted by Gasteiger charge is 2.17. The Hall–Kier alpha value is -1.66. The second-order valence-electron chi connectivity index (χ2n) is 2.66. The van der Waals surface area contributed by atoms with Crippen LogP contribution in [0.15, 0.2) is 12.4 Å². The summed E-state index contributed by atoms with van der Waals surface area (Å²) in [7, 11) is 0. The van der Waals surface area contributed by atoms with Crippen LogP contribution in [0.1, 0.15) is 5.56 Å². The monoisotopic (exact) mass is 205 g/mol. The fraction of sp³-hybridized carbons (Fsp3) is 0.429. The van der Waals surface area contributed by atoms with Gasteiger partial charge in [0.25, 0.3) is 6.43 Å². The smallest absolute Gasteiger partial charge is 0.407 e. The third-order valence-electron chi connectivity index (χ3n) is 1.56. The minimum atomic E-state index is -2.67. The number of halogens is 2. The third kappa shape index (κ3) is 3.00. The molecule has 0 atom stereocenters. The first-order chi connectivity index (χ1) is 6.59. The molecule has 0 aromatic carbocycles. The second-order valence-corrected chi connectivity index (χ2v) is 2.66. The van der Waals surface area contributed by atoms with Crippen LogP contribution in [0, 0.1) is 0 Å². The number of rotatable bonds is 4. The minimum Gasteiger partial charge on any atom is -0.465 e. The molecule has 0 bridgehead atoms. The van der Waals surface area contributed by atoms with Crippen molar-refractivity contribution in [2.45, 2.75) is 13.0 Å². The normalized spacial score (nSPS) is 10.5. The van der Waals surface area contributed by atoms with Crippen molar-refractivity contribution in [2.75, 3.05) is 6.54 Å². The van der Waals surface area contributed by atoms with E-state index in [-0.39, 0.29) is 6.54 Å². The Balaban J connectivity index is 2.56. The van der Waals surface area contributed by atoms with E-state index in [1.807, 2.05) is 0 Å². The van der Waals surface area contributed by atoms with Gasteiger partial charge < -0.3 is 5.11 Å². The van der Waals surface area contributed by atoms with Gasteiger partial charge in [-0.3, -0.25) is 10.00 Å². The number of aromatic nitrogens is 2. The summed E-state index contributed by atoms with van der Waals surface area (Å²) in [5, 5.41) is 14.6. The molecule has 7 heteroatoms. The molecule has 14 heavy (non-hydrogen) atoms. The Morgan fingerprint density at radius 3 is 2.86 bits per heavy atom. The molecular weight excluding hydrogens is 196 g/mol. The van der Waals surface area contributed by atoms with Crippen LogP contribution in [-0.4, -0.2) is 39.3 Å². The van der Waals surface area contributed by atoms with E-state index < -0.39 is 19.1 Å². The predicted octanol–water partition coefficient (Wildman–Crippen LogP) is 1.15. The molecule has 1 rings (SSSR count). The summed E-state index contributed by atoms with van der Waals surface area (Å²) < 4.78 is 23.9. The fourth-order valence-electron chi connectivity index (χ4n) is 0.961. The number of carbonyl (C=O) groups is 1. The van der Waals surface area contributed by atoms with Gasteiger partial charge in [-0.05, 0) is 0 Å². The van der Waals surface area contributed by atoms with Crippen LogP contribution in [0.5, 0.6) is 0 Å². The summed E-state index contributed by atoms with van der Waals surface area (Å²) in [4.78, 5) is 11.2. The molecule has 0 radical (unpaired) electrons. The van der Waals surface area contributed by atoms with Gasteiger partial charge >= 0.3 is 6.09 Å². The first-order valence-corrected chi connectivity index (χ1v) is 3.83. The van der Waals surface area contributed by atoms with Crippen molar-refractivity contribution in [3.05, 3.63) is 18.0 Å². The highest BCUT2D eigenvalue weighted by atomic mass is 19.3. The van der Waals surface area contributed by atoms with Gasteiger partial charge in [0.15, 0.2) is 0 Å². The molecule has 1 aromatic heterocycles. The molecule has 5 nitrogen and oxygen atoms in total. The number of alkyl halides is 2. The number of nitrogens with zero attached hydrogens (tertiary/aromatic N) is 2. The predicted molar refractivity (Wildman–Crippen MR) is 43.0 cm³/mol. The summed E-state index contributed by atoms with van der Waals surface area (Å²) in [5.74, 6) is 0. The molecule has 0 saturated carbocycles. The van der Waals surface area contributed by atoms with Crippen molar-refractivity contribution in [3.63, 3.8) is 0 Å². The van der Waals surface area contributed by atoms with Crippen LogP contribution in [0.2, 0.25) is 0 Å². The maximum atomic E-state index is 11.9. The van der Waals surface area contributed by atoms with Crippen molar-refractivity contribution in [3.8, 4) is 0 Å². The Kier molecular flexibility index (Phi) is 3.38. The number of H-pyrrole nitrogens is 1. The van der Waals surface area contributed by atoms with Crippen LogP contribution in [0.25, 0.3) is 0 Å². The fourth-order valence-corrected chi connectivity index (χ4v) is 0.961. The van der Waals surface area contributed by atoms with Crippen molar-refractivity contribution >= 4 is 6.09 Å². The molecule has 2 N–H and O–H groups in total. The molecule has 1 amide bonds. The average Bonchev–Trinajstić information content (AvgIpc) is 2.54. The lowest BCUT2D eigenvalue weighted by molar-refractivity contribution is 0.0768. The quantitative estimate of drug-likeness (QED) is 0.774. The van der Waals surface area contributed by atoms with Crippen molar-refractivity contribution in [1.29, 1.82) is 0 Å². The molecule has 0 spiro atoms. The number of nitrogens with one attached hydrogen (secondary N) is 1. The van der Waals surface area contributed by atoms with Gasteiger partial charge in [-0.15, -0.1) is 0 Å². The molecule has 78 valence electrons. The minimum absolute atomic E-state index is 0.0871. The summed E-state index contributed by atoms with van der Waals surface area (Å²) in [6, 6.07) is 0. The molecule has 0 fully saturated rings. The first-order valence-electron chi connectivity index (χ1n) is 3.83. The zero-order valence-electron chi connectivity index (χ0n) is 7.15. The maximum absolute atomic E-state index is 11.9. The van der Waals surface area contributed by atoms with E-state index in [1.165, 1.54) is 12.4 Å². The zero-order chi connectivity index (χ0) is 10.6. The van der Waals surface area contributed by atoms with E-state index in [0.29, 0.717) is 10.5 Å². The van der Waals surface area contributed by atoms with E-state index in [0.717, 1.165) is 0 Å². The lowest BCUT2D eigenvalue weighted by Gasteiger charge is -2.17. The standard InChI is InChI=1S/C7H9F2N3O2/c8-6(9)4-12(7(13)14)3-5-1-10-11-2-5/h1-2,6H,3-4H2,(H,10,11)(H,13,14). The van der Waals surface area contributed by atoms with Crippen LogP contribution < -0.4 is 0 Å². The Morgan fingerprint density at radius 2 is 2.43 bits per heavy atom. The van der Waals surface area contributed by atoms with Gasteiger partial charge in [0, 0.05) is 11.8 Å². The summed E-state index contributed by atoms with van der Waals surface area (Å²) >= 11 is 0. The first kappa shape index (κ1) is 10.4. The van der Waals surface area contributed by atoms with E-state index in [4.69, 9.17) is 5.11 Å². The molecule has 0 aliphatic carbocycles. The van der Waals surface area contributed by atoms with Crippen LogP contribution in [0.4, 0.5) is 13.6 Å². The van der Waals surface area contributed by atoms with Crippen LogP contribution in [0.3, 0.4) is 0 Å². The lowest BCUT2D eigenvalue weighted by Crippen LogP contribution is -2.33. The van der Waals surface area contributed by atoms with E-state index in [9.17, 15) is 13.6 Å². The maximum Gasteiger partial charge on any atom is 0.407 e. The van der Waals surface area contributed by atoms with Gasteiger partial charge in [-0.2, -0.15) is 5.10 Å². The van der Waals surface area contributed by atoms with Gasteiger partial charge in [0.05, 0.1) is 19.3 Å². The summed E-state index contributed by atoms with van der Waals surface area (Å²) in [6.45, 7) is -0.878. The largest absolute Gasteiger partial charge is 0.465 e. The van der Waals surface area contributed by atoms with Gasteiger partial charge in [-0.1, -0.05) is 0 Å². The molecular formula is C7H9F2N3O2. The third-order valence-corrected chi connectivity index (χ3v) is 1.56. The average molecular weight is 205 g/mol. The number of amides is 1. The number of hydrogen-bond acceptors (Lipinski definition) is 2. The Labute approximate surface area is 78.3 Å². The number of carboxylic acid groups (broad SMARTS) is 1. The van der Waals surface area contributed by atoms with Crippen molar-refractivity contribution in [2.24, 2.45) is 0 Å². The second kappa shape index (κ2) is 4.54. The number of hydrogen-bond donors (Lipinski definition) is 2. The molecule has 0 aliphatic heterocycles. The number of aromatic amines is 1. The molecule has 0 saturated heterocycles. The summed E-state index contributed by atoms with van der Waals surface area (Å²) in [6.07, 6.45) is -1.19. The SMILES string of the molecule is O=C(O)N(Cc1cn[nH]c1)CC(F)F. The highest BCUT2D eigenvalue weighted by Crippen LogP contribution is 2.05. The van der Waals surface area contributed by atoms with Crippen molar-refractivity contribution in [1.82, 2.24) is 15.1 Å². The summed E-state index contributed by atoms with van der Waals surface area (Å²) in [5.41, 5.74) is 0.549. The zero-order valence-corrected chi connectivity index (χ0v) is 7.15. The molecule has 1 aromatic rings. The lowest BCUT2D eigenvalue weighted by atomic mass is 10.3. The Bertz CT molecular complexity index is 289. The van der Waals surface area contributed by atoms with Crippen LogP contribution >= 0.6 is 0 Å². The van der Waals surface area contributed by atoms with Gasteiger partial charge in [0.1, 0.15) is 0 Å². The van der Waals surface area contributed by atoms with E-state index in [1.54, 1.807) is 0 Å². The molecule has 0 unspecified atom stereocenters. The Morgan fingerprint density at radius 1 is 1.71 bits per heavy atom. The van der Waals surface area contributed by atoms with Crippen LogP contribution in [-0.2, 0) is 6.54 Å². The highest BCUT2D eigenvalue weighted by molar-refractivity contribution is 5.64. The topological polar surface area (TPSA) is 69.2 Å². The van der Waals surface area contributed by atoms with E-state index in [2.05, 4.69) is 10.2 Å². The van der Waals surface area contributed by atoms with Gasteiger partial charge in [0.2, 0.25) is 0 Å². The van der Waals surface area contributed by atoms with Crippen molar-refractivity contribution < 1.29 is 18.7 Å². The van der Waals surface area contributed by atoms with E-state index >= 15 is 0 Å². The molecule has 0 aliphatic rings. The van der Waals surface area contributed by atoms with Gasteiger partial charge in [-0.25, -0.2) is 13.6 Å².